The zero-order valence-corrected chi connectivity index (χ0v) is 10.8. The minimum Gasteiger partial charge on any atom is -0.377 e. The number of thioether (sulfide) groups is 1. The lowest BCUT2D eigenvalue weighted by Crippen LogP contribution is -2.15. The van der Waals surface area contributed by atoms with Crippen molar-refractivity contribution in [3.05, 3.63) is 35.9 Å². The topological polar surface area (TPSA) is 33.0 Å². The van der Waals surface area contributed by atoms with E-state index in [4.69, 9.17) is 4.74 Å². The molecular formula is C14H17NOS. The maximum atomic E-state index is 9.22. The molecule has 0 aliphatic carbocycles. The summed E-state index contributed by atoms with van der Waals surface area (Å²) in [5.74, 6) is 0.854. The molecule has 0 spiro atoms. The van der Waals surface area contributed by atoms with Gasteiger partial charge >= 0.3 is 0 Å². The highest BCUT2D eigenvalue weighted by Crippen LogP contribution is 2.30. The van der Waals surface area contributed by atoms with Crippen LogP contribution in [0.5, 0.6) is 0 Å². The monoisotopic (exact) mass is 247 g/mol. The van der Waals surface area contributed by atoms with Crippen molar-refractivity contribution in [2.75, 3.05) is 12.4 Å². The van der Waals surface area contributed by atoms with E-state index in [1.165, 1.54) is 0 Å². The molecule has 3 heteroatoms. The van der Waals surface area contributed by atoms with Crippen LogP contribution in [-0.2, 0) is 4.74 Å². The average Bonchev–Trinajstić information content (AvgIpc) is 2.77. The van der Waals surface area contributed by atoms with Crippen molar-refractivity contribution >= 4 is 11.8 Å². The van der Waals surface area contributed by atoms with Crippen LogP contribution >= 0.6 is 11.8 Å². The first-order chi connectivity index (χ1) is 8.31. The molecule has 90 valence electrons. The first kappa shape index (κ1) is 12.5. The standard InChI is InChI=1S/C14H17NOS/c1-11-14(7-8-16-11)17-10-13(9-15)12-5-3-2-4-6-12/h2-6,11,13-14H,7-8,10H2,1H3. The molecule has 1 aromatic carbocycles. The molecule has 0 bridgehead atoms. The second-order valence-electron chi connectivity index (χ2n) is 4.33. The number of ether oxygens (including phenoxy) is 1. The summed E-state index contributed by atoms with van der Waals surface area (Å²) in [6.07, 6.45) is 1.44. The van der Waals surface area contributed by atoms with E-state index in [2.05, 4.69) is 13.0 Å². The maximum absolute atomic E-state index is 9.22. The van der Waals surface area contributed by atoms with E-state index < -0.39 is 0 Å². The lowest BCUT2D eigenvalue weighted by atomic mass is 10.0. The van der Waals surface area contributed by atoms with Gasteiger partial charge in [-0.3, -0.25) is 0 Å². The summed E-state index contributed by atoms with van der Waals surface area (Å²) >= 11 is 1.87. The molecule has 0 aromatic heterocycles. The molecule has 1 fully saturated rings. The van der Waals surface area contributed by atoms with Crippen LogP contribution in [0.2, 0.25) is 0 Å². The molecular weight excluding hydrogens is 230 g/mol. The molecule has 3 unspecified atom stereocenters. The predicted octanol–water partition coefficient (Wildman–Crippen LogP) is 3.20. The summed E-state index contributed by atoms with van der Waals surface area (Å²) < 4.78 is 5.53. The van der Waals surface area contributed by atoms with Gasteiger partial charge in [-0.05, 0) is 18.9 Å². The van der Waals surface area contributed by atoms with Crippen molar-refractivity contribution in [3.8, 4) is 6.07 Å². The van der Waals surface area contributed by atoms with Crippen LogP contribution < -0.4 is 0 Å². The molecule has 1 saturated heterocycles. The fraction of sp³-hybridized carbons (Fsp3) is 0.500. The van der Waals surface area contributed by atoms with E-state index in [0.717, 1.165) is 24.3 Å². The number of hydrogen-bond acceptors (Lipinski definition) is 3. The second kappa shape index (κ2) is 6.09. The van der Waals surface area contributed by atoms with Crippen LogP contribution in [0.1, 0.15) is 24.8 Å². The molecule has 3 atom stereocenters. The highest BCUT2D eigenvalue weighted by molar-refractivity contribution is 8.00. The normalized spacial score (nSPS) is 25.4. The molecule has 1 aromatic rings. The second-order valence-corrected chi connectivity index (χ2v) is 5.60. The fourth-order valence-electron chi connectivity index (χ4n) is 2.04. The minimum atomic E-state index is -0.00556. The van der Waals surface area contributed by atoms with E-state index in [9.17, 15) is 5.26 Å². The maximum Gasteiger partial charge on any atom is 0.0803 e. The molecule has 1 aliphatic rings. The predicted molar refractivity (Wildman–Crippen MR) is 71.1 cm³/mol. The van der Waals surface area contributed by atoms with Crippen LogP contribution in [-0.4, -0.2) is 23.7 Å². The molecule has 0 radical (unpaired) electrons. The van der Waals surface area contributed by atoms with Crippen molar-refractivity contribution in [2.24, 2.45) is 0 Å². The van der Waals surface area contributed by atoms with Gasteiger partial charge in [0.25, 0.3) is 0 Å². The average molecular weight is 247 g/mol. The first-order valence-electron chi connectivity index (χ1n) is 5.99. The van der Waals surface area contributed by atoms with Crippen molar-refractivity contribution in [1.82, 2.24) is 0 Å². The Hall–Kier alpha value is -0.980. The van der Waals surface area contributed by atoms with Gasteiger partial charge < -0.3 is 4.74 Å². The Morgan fingerprint density at radius 3 is 2.82 bits per heavy atom. The minimum absolute atomic E-state index is 0.00556. The number of hydrogen-bond donors (Lipinski definition) is 0. The third-order valence-electron chi connectivity index (χ3n) is 3.14. The van der Waals surface area contributed by atoms with Crippen molar-refractivity contribution in [1.29, 1.82) is 5.26 Å². The summed E-state index contributed by atoms with van der Waals surface area (Å²) in [5.41, 5.74) is 1.12. The lowest BCUT2D eigenvalue weighted by Gasteiger charge is -2.15. The summed E-state index contributed by atoms with van der Waals surface area (Å²) in [5, 5.41) is 9.78. The van der Waals surface area contributed by atoms with E-state index in [0.29, 0.717) is 11.4 Å². The van der Waals surface area contributed by atoms with E-state index in [1.807, 2.05) is 42.1 Å². The smallest absolute Gasteiger partial charge is 0.0803 e. The number of rotatable bonds is 4. The Labute approximate surface area is 107 Å². The molecule has 2 nitrogen and oxygen atoms in total. The van der Waals surface area contributed by atoms with Gasteiger partial charge in [-0.25, -0.2) is 0 Å². The fourth-order valence-corrected chi connectivity index (χ4v) is 3.36. The van der Waals surface area contributed by atoms with E-state index in [1.54, 1.807) is 0 Å². The largest absolute Gasteiger partial charge is 0.377 e. The summed E-state index contributed by atoms with van der Waals surface area (Å²) in [6, 6.07) is 12.4. The summed E-state index contributed by atoms with van der Waals surface area (Å²) in [7, 11) is 0. The molecule has 2 rings (SSSR count). The van der Waals surface area contributed by atoms with Crippen LogP contribution in [0.25, 0.3) is 0 Å². The molecule has 1 heterocycles. The Morgan fingerprint density at radius 2 is 2.24 bits per heavy atom. The molecule has 0 N–H and O–H groups in total. The molecule has 0 saturated carbocycles. The Bertz CT molecular complexity index is 387. The van der Waals surface area contributed by atoms with Crippen molar-refractivity contribution in [2.45, 2.75) is 30.6 Å². The van der Waals surface area contributed by atoms with Gasteiger partial charge in [-0.15, -0.1) is 0 Å². The summed E-state index contributed by atoms with van der Waals surface area (Å²) in [4.78, 5) is 0. The Kier molecular flexibility index (Phi) is 4.47. The van der Waals surface area contributed by atoms with Crippen LogP contribution in [0, 0.1) is 11.3 Å². The number of benzene rings is 1. The van der Waals surface area contributed by atoms with E-state index >= 15 is 0 Å². The third kappa shape index (κ3) is 3.24. The van der Waals surface area contributed by atoms with Gasteiger partial charge in [-0.1, -0.05) is 30.3 Å². The van der Waals surface area contributed by atoms with Crippen LogP contribution in [0.4, 0.5) is 0 Å². The summed E-state index contributed by atoms with van der Waals surface area (Å²) in [6.45, 7) is 2.98. The van der Waals surface area contributed by atoms with Crippen molar-refractivity contribution in [3.63, 3.8) is 0 Å². The van der Waals surface area contributed by atoms with Gasteiger partial charge in [0, 0.05) is 17.6 Å². The zero-order chi connectivity index (χ0) is 12.1. The lowest BCUT2D eigenvalue weighted by molar-refractivity contribution is 0.127. The highest BCUT2D eigenvalue weighted by atomic mass is 32.2. The third-order valence-corrected chi connectivity index (χ3v) is 4.71. The van der Waals surface area contributed by atoms with Gasteiger partial charge in [0.15, 0.2) is 0 Å². The van der Waals surface area contributed by atoms with E-state index in [-0.39, 0.29) is 5.92 Å². The van der Waals surface area contributed by atoms with Crippen LogP contribution in [0.15, 0.2) is 30.3 Å². The molecule has 1 aliphatic heterocycles. The van der Waals surface area contributed by atoms with Gasteiger partial charge in [0.05, 0.1) is 18.1 Å². The van der Waals surface area contributed by atoms with Crippen molar-refractivity contribution < 1.29 is 4.74 Å². The number of nitriles is 1. The Morgan fingerprint density at radius 1 is 1.47 bits per heavy atom. The molecule has 17 heavy (non-hydrogen) atoms. The van der Waals surface area contributed by atoms with Gasteiger partial charge in [-0.2, -0.15) is 17.0 Å². The SMILES string of the molecule is CC1OCCC1SCC(C#N)c1ccccc1. The number of nitrogens with zero attached hydrogens (tertiary/aromatic N) is 1. The quantitative estimate of drug-likeness (QED) is 0.819. The highest BCUT2D eigenvalue weighted by Gasteiger charge is 2.25. The van der Waals surface area contributed by atoms with Gasteiger partial charge in [0.1, 0.15) is 0 Å². The van der Waals surface area contributed by atoms with Crippen LogP contribution in [0.3, 0.4) is 0 Å². The zero-order valence-electron chi connectivity index (χ0n) is 10.0. The van der Waals surface area contributed by atoms with Gasteiger partial charge in [0.2, 0.25) is 0 Å². The first-order valence-corrected chi connectivity index (χ1v) is 7.04. The molecule has 0 amide bonds. The Balaban J connectivity index is 1.91.